The van der Waals surface area contributed by atoms with Crippen molar-refractivity contribution < 1.29 is 92.3 Å². The molecular formula is C85H116N20O19S2. The fraction of sp³-hybridized carbons (Fsp3) is 0.518. The van der Waals surface area contributed by atoms with Gasteiger partial charge < -0.3 is 119 Å². The van der Waals surface area contributed by atoms with Gasteiger partial charge in [0.2, 0.25) is 82.7 Å². The number of amides is 14. The number of primary amides is 1. The number of hydrogen-bond acceptors (Lipinski definition) is 22. The molecule has 126 heavy (non-hydrogen) atoms. The molecule has 0 aliphatic carbocycles. The van der Waals surface area contributed by atoms with E-state index in [-0.39, 0.29) is 99.5 Å². The molecule has 0 bridgehead atoms. The minimum Gasteiger partial charge on any atom is -0.508 e. The quantitative estimate of drug-likeness (QED) is 0.0377. The number of carbonyl (C=O) groups excluding carboxylic acids is 14. The number of carboxylic acids is 1. The number of rotatable bonds is 21. The summed E-state index contributed by atoms with van der Waals surface area (Å²) in [7, 11) is 4.03. The van der Waals surface area contributed by atoms with Crippen LogP contribution in [0, 0.1) is 0 Å². The van der Waals surface area contributed by atoms with Crippen LogP contribution in [0.3, 0.4) is 0 Å². The van der Waals surface area contributed by atoms with Crippen LogP contribution >= 0.6 is 24.0 Å². The number of phenols is 1. The van der Waals surface area contributed by atoms with E-state index in [1.807, 2.05) is 13.8 Å². The molecule has 6 heterocycles. The van der Waals surface area contributed by atoms with E-state index in [0.29, 0.717) is 69.9 Å². The highest BCUT2D eigenvalue weighted by Crippen LogP contribution is 2.28. The first-order chi connectivity index (χ1) is 60.1. The fourth-order valence-electron chi connectivity index (χ4n) is 15.7. The highest BCUT2D eigenvalue weighted by Gasteiger charge is 2.46. The van der Waals surface area contributed by atoms with Crippen LogP contribution < -0.4 is 59.3 Å². The Morgan fingerprint density at radius 3 is 1.69 bits per heavy atom. The van der Waals surface area contributed by atoms with E-state index in [1.165, 1.54) is 81.6 Å². The highest BCUT2D eigenvalue weighted by molar-refractivity contribution is 8.01. The van der Waals surface area contributed by atoms with Gasteiger partial charge in [-0.1, -0.05) is 100 Å². The number of likely N-dealkylation sites (N-methyl/N-ethyl adjacent to an activating group) is 3. The highest BCUT2D eigenvalue weighted by atomic mass is 32.2. The van der Waals surface area contributed by atoms with Crippen molar-refractivity contribution in [1.29, 1.82) is 0 Å². The van der Waals surface area contributed by atoms with Gasteiger partial charge >= 0.3 is 5.97 Å². The number of carboxylic acid groups (broad SMARTS) is 1. The first-order valence-corrected chi connectivity index (χ1v) is 43.8. The maximum Gasteiger partial charge on any atom is 0.305 e. The van der Waals surface area contributed by atoms with Gasteiger partial charge in [0.15, 0.2) is 0 Å². The lowest BCUT2D eigenvalue weighted by atomic mass is 10.00. The average molecular weight is 1790 g/mol. The Hall–Kier alpha value is -12.1. The van der Waals surface area contributed by atoms with Crippen molar-refractivity contribution in [2.45, 2.75) is 221 Å². The van der Waals surface area contributed by atoms with Crippen molar-refractivity contribution in [3.05, 3.63) is 120 Å². The Morgan fingerprint density at radius 2 is 1.10 bits per heavy atom. The Labute approximate surface area is 737 Å². The van der Waals surface area contributed by atoms with Crippen LogP contribution in [0.15, 0.2) is 97.7 Å². The van der Waals surface area contributed by atoms with Crippen molar-refractivity contribution in [2.24, 2.45) is 11.5 Å². The molecule has 682 valence electrons. The molecule has 3 saturated heterocycles. The Bertz CT molecular complexity index is 4880. The normalized spacial score (nSPS) is 25.8. The van der Waals surface area contributed by atoms with E-state index in [0.717, 1.165) is 26.5 Å². The smallest absolute Gasteiger partial charge is 0.305 e. The van der Waals surface area contributed by atoms with Crippen LogP contribution in [0.25, 0.3) is 21.8 Å². The molecule has 0 radical (unpaired) electrons. The number of para-hydroxylation sites is 2. The number of aromatic amines is 3. The summed E-state index contributed by atoms with van der Waals surface area (Å²) < 4.78 is 0. The molecule has 39 nitrogen and oxygen atoms in total. The lowest BCUT2D eigenvalue weighted by molar-refractivity contribution is -0.149. The van der Waals surface area contributed by atoms with Gasteiger partial charge in [0.05, 0.1) is 30.4 Å². The van der Waals surface area contributed by atoms with E-state index >= 15 is 28.8 Å². The molecule has 41 heteroatoms. The second-order valence-corrected chi connectivity index (χ2v) is 33.6. The topological polar surface area (TPSA) is 574 Å². The van der Waals surface area contributed by atoms with Gasteiger partial charge in [-0.25, -0.2) is 4.98 Å². The van der Waals surface area contributed by atoms with Crippen LogP contribution in [0.4, 0.5) is 0 Å². The van der Waals surface area contributed by atoms with Gasteiger partial charge in [0, 0.05) is 124 Å². The standard InChI is InChI=1S/C85H116N20O19S2/c1-8-10-23-66-78(117)92-46(3)73(112)100-65(72(87)111)43-126-44-70(125)93-61(32-48-26-28-52(107)29-27-48)81(120)101(5)47(4)74(113)97-63(37-71(109)110)84(123)104-31-17-25-67(104)79(118)96-60(35-51-40-88-45-91-51)76(115)94-58(22-16-30-86)83(122)105-41-53(108)36-69(105)80(119)95-59(33-49-38-89-56-20-14-12-18-54(49)56)75(114)99-64(42-106)77(116)98-62(34-50-39-90-57-21-15-13-19-55(50)57)82(121)103(7)68(24-11-9-2)85(124)102(66)6/h12-15,18-21,26-29,38-40,45-47,53,58-69,89-90,106-108H,8-11,16-17,22-25,30-37,41-44,86H2,1-7H3,(H2,87,111)(H,88,91)(H,92,117)(H,93,125)(H,94,115)(H,95,119)(H,96,118)(H,97,113)(H,98,116)(H,99,114)(H,100,112)(H,109,110)/t46-,47-,53+,58-,59-,60-,61-,62-,63-,64-,65-,66-,67-,68-,69-/m0/s1. The Balaban J connectivity index is 1.06. The summed E-state index contributed by atoms with van der Waals surface area (Å²) in [5, 5.41) is 68.5. The Morgan fingerprint density at radius 1 is 0.556 bits per heavy atom. The number of nitrogens with zero attached hydrogens (tertiary/aromatic N) is 6. The van der Waals surface area contributed by atoms with Crippen molar-refractivity contribution in [1.82, 2.24) is 92.3 Å². The van der Waals surface area contributed by atoms with Gasteiger partial charge in [-0.3, -0.25) is 71.9 Å². The molecule has 0 saturated carbocycles. The molecule has 15 atom stereocenters. The van der Waals surface area contributed by atoms with Gasteiger partial charge in [-0.15, -0.1) is 0 Å². The van der Waals surface area contributed by atoms with E-state index in [1.54, 1.807) is 60.9 Å². The third-order valence-electron chi connectivity index (χ3n) is 23.0. The number of hydrogen-bond donors (Lipinski definition) is 18. The zero-order valence-electron chi connectivity index (χ0n) is 71.5. The predicted octanol–water partition coefficient (Wildman–Crippen LogP) is -1.20. The van der Waals surface area contributed by atoms with E-state index in [2.05, 4.69) is 67.8 Å². The monoisotopic (exact) mass is 1780 g/mol. The summed E-state index contributed by atoms with van der Waals surface area (Å²) in [5.74, 6) is -14.7. The number of aliphatic hydroxyl groups is 2. The van der Waals surface area contributed by atoms with Crippen LogP contribution in [0.2, 0.25) is 0 Å². The number of unbranched alkanes of at least 4 members (excludes halogenated alkanes) is 2. The van der Waals surface area contributed by atoms with Crippen LogP contribution in [-0.2, 0) is 97.6 Å². The lowest BCUT2D eigenvalue weighted by Gasteiger charge is -2.36. The first-order valence-electron chi connectivity index (χ1n) is 42.2. The number of thiocarbonyl (C=S) groups is 1. The summed E-state index contributed by atoms with van der Waals surface area (Å²) in [6.07, 6.45) is 4.30. The SMILES string of the molecule is CCCC[C@H]1C(=O)N(C)[C@@H](CCCC)C(=O)N[C@@H](C)C(=O)N[C@H](C(N)=O)CSCC(=S)N[C@@H](Cc2ccc(O)cc2)C(=O)N(C)[C@@H](C)C(=O)N[C@@H](CC(=O)O)C(=O)N2CCC[C@H]2C(=O)N[C@@H](Cc2cnc[nH]2)C(=O)N[C@@H](CCCN)C(=O)N2C[C@H](O)C[C@H]2C(=O)N[C@@H](Cc2c[nH]c3ccccc23)C(=O)N[C@@H](CO)C(=O)N[C@@H](Cc2c[nH]c3ccccc23)C(=O)N1C. The van der Waals surface area contributed by atoms with Crippen molar-refractivity contribution in [2.75, 3.05) is 58.9 Å². The fourth-order valence-corrected chi connectivity index (χ4v) is 17.0. The number of aliphatic hydroxyl groups excluding tert-OH is 2. The summed E-state index contributed by atoms with van der Waals surface area (Å²) in [4.78, 5) is 239. The summed E-state index contributed by atoms with van der Waals surface area (Å²) in [5.41, 5.74) is 15.0. The number of aliphatic carboxylic acids is 1. The molecule has 0 unspecified atom stereocenters. The predicted molar refractivity (Wildman–Crippen MR) is 468 cm³/mol. The number of carbonyl (C=O) groups is 15. The third-order valence-corrected chi connectivity index (χ3v) is 24.5. The molecule has 0 spiro atoms. The van der Waals surface area contributed by atoms with Crippen molar-refractivity contribution >= 4 is 139 Å². The van der Waals surface area contributed by atoms with Crippen LogP contribution in [0.5, 0.6) is 5.75 Å². The van der Waals surface area contributed by atoms with Gasteiger partial charge in [-0.05, 0) is 99.9 Å². The van der Waals surface area contributed by atoms with E-state index in [4.69, 9.17) is 23.7 Å². The van der Waals surface area contributed by atoms with Gasteiger partial charge in [-0.2, -0.15) is 11.8 Å². The zero-order chi connectivity index (χ0) is 91.8. The number of imidazole rings is 1. The molecule has 9 rings (SSSR count). The van der Waals surface area contributed by atoms with E-state index in [9.17, 15) is 63.6 Å². The van der Waals surface area contributed by atoms with Gasteiger partial charge in [0.25, 0.3) is 0 Å². The maximum absolute atomic E-state index is 15.6. The Kier molecular flexibility index (Phi) is 35.9. The molecule has 3 fully saturated rings. The number of thioether (sulfide) groups is 1. The average Bonchev–Trinajstić information content (AvgIpc) is 1.58. The molecule has 14 amide bonds. The maximum atomic E-state index is 15.6. The molecule has 3 aliphatic heterocycles. The van der Waals surface area contributed by atoms with Crippen LogP contribution in [-0.4, -0.2) is 308 Å². The second-order valence-electron chi connectivity index (χ2n) is 32.1. The number of aromatic hydroxyl groups is 1. The molecular weight excluding hydrogens is 1670 g/mol. The lowest BCUT2D eigenvalue weighted by Crippen LogP contribution is -2.61. The number of H-pyrrole nitrogens is 3. The second kappa shape index (κ2) is 46.2. The van der Waals surface area contributed by atoms with Crippen molar-refractivity contribution in [3.8, 4) is 5.75 Å². The minimum atomic E-state index is -1.86. The van der Waals surface area contributed by atoms with E-state index < -0.39 is 205 Å². The largest absolute Gasteiger partial charge is 0.508 e. The molecule has 3 aromatic heterocycles. The number of aromatic nitrogens is 4. The van der Waals surface area contributed by atoms with Crippen molar-refractivity contribution in [3.63, 3.8) is 0 Å². The summed E-state index contributed by atoms with van der Waals surface area (Å²) >= 11 is 6.77. The number of fused-ring (bicyclic) bond motifs is 4. The number of benzene rings is 3. The molecule has 6 aromatic rings. The zero-order valence-corrected chi connectivity index (χ0v) is 73.2. The molecule has 20 N–H and O–H groups in total. The summed E-state index contributed by atoms with van der Waals surface area (Å²) in [6.45, 7) is 4.69. The van der Waals surface area contributed by atoms with Crippen LogP contribution in [0.1, 0.15) is 127 Å². The molecule has 3 aromatic carbocycles. The molecule has 3 aliphatic rings. The number of nitrogens with two attached hydrogens (primary N) is 2. The van der Waals surface area contributed by atoms with Gasteiger partial charge in [0.1, 0.15) is 90.3 Å². The third kappa shape index (κ3) is 25.8. The first kappa shape index (κ1) is 97.7. The summed E-state index contributed by atoms with van der Waals surface area (Å²) in [6, 6.07) is -0.968. The number of phenolic OH excluding ortho intramolecular Hbond substituents is 1. The number of nitrogens with one attached hydrogen (secondary N) is 12. The minimum absolute atomic E-state index is 0.0133.